The Hall–Kier alpha value is -3.61. The molecule has 144 valence electrons. The van der Waals surface area contributed by atoms with Crippen LogP contribution in [0, 0.1) is 25.2 Å². The summed E-state index contributed by atoms with van der Waals surface area (Å²) in [7, 11) is 0. The summed E-state index contributed by atoms with van der Waals surface area (Å²) in [5, 5.41) is 16.2. The second-order valence-corrected chi connectivity index (χ2v) is 5.98. The van der Waals surface area contributed by atoms with Crippen molar-refractivity contribution < 1.29 is 22.7 Å². The van der Waals surface area contributed by atoms with Crippen molar-refractivity contribution in [2.24, 2.45) is 0 Å². The first-order valence-corrected chi connectivity index (χ1v) is 8.06. The van der Waals surface area contributed by atoms with E-state index in [0.29, 0.717) is 16.9 Å². The molecule has 0 spiro atoms. The Morgan fingerprint density at radius 2 is 1.93 bits per heavy atom. The lowest BCUT2D eigenvalue weighted by molar-refractivity contribution is -0.274. The molecular weight excluding hydrogens is 375 g/mol. The Kier molecular flexibility index (Phi) is 4.92. The van der Waals surface area contributed by atoms with Gasteiger partial charge in [0.1, 0.15) is 18.1 Å². The Morgan fingerprint density at radius 1 is 1.25 bits per heavy atom. The van der Waals surface area contributed by atoms with Gasteiger partial charge >= 0.3 is 6.36 Å². The second kappa shape index (κ2) is 7.19. The highest BCUT2D eigenvalue weighted by Gasteiger charge is 2.31. The third-order valence-electron chi connectivity index (χ3n) is 4.09. The van der Waals surface area contributed by atoms with Crippen molar-refractivity contribution in [3.05, 3.63) is 59.4 Å². The standard InChI is InChI=1S/C18H14F3N5O2/c1-11-7-15(16(27)9-25-10-23-24-17(25)8-22)12(2)26(11)13-3-5-14(6-4-13)28-18(19,20)21/h3-7,10H,9H2,1-2H3. The minimum absolute atomic E-state index is 0.0300. The third-order valence-corrected chi connectivity index (χ3v) is 4.09. The predicted octanol–water partition coefficient (Wildman–Crippen LogP) is 3.34. The van der Waals surface area contributed by atoms with E-state index in [2.05, 4.69) is 14.9 Å². The molecule has 0 amide bonds. The van der Waals surface area contributed by atoms with E-state index in [4.69, 9.17) is 5.26 Å². The summed E-state index contributed by atoms with van der Waals surface area (Å²) in [5.74, 6) is -0.540. The van der Waals surface area contributed by atoms with E-state index < -0.39 is 6.36 Å². The zero-order chi connectivity index (χ0) is 20.5. The maximum absolute atomic E-state index is 12.7. The van der Waals surface area contributed by atoms with Gasteiger partial charge in [-0.2, -0.15) is 5.26 Å². The SMILES string of the molecule is Cc1cc(C(=O)Cn2cnnc2C#N)c(C)n1-c1ccc(OC(F)(F)F)cc1. The number of aryl methyl sites for hydroxylation is 1. The quantitative estimate of drug-likeness (QED) is 0.625. The summed E-state index contributed by atoms with van der Waals surface area (Å²) < 4.78 is 43.9. The molecule has 2 aromatic heterocycles. The highest BCUT2D eigenvalue weighted by Crippen LogP contribution is 2.26. The molecule has 0 aliphatic heterocycles. The van der Waals surface area contributed by atoms with Crippen molar-refractivity contribution in [1.29, 1.82) is 5.26 Å². The topological polar surface area (TPSA) is 85.7 Å². The minimum Gasteiger partial charge on any atom is -0.406 e. The van der Waals surface area contributed by atoms with Crippen molar-refractivity contribution >= 4 is 5.78 Å². The van der Waals surface area contributed by atoms with Crippen LogP contribution in [0.25, 0.3) is 5.69 Å². The van der Waals surface area contributed by atoms with Gasteiger partial charge in [-0.1, -0.05) is 0 Å². The first-order valence-electron chi connectivity index (χ1n) is 8.06. The normalized spacial score (nSPS) is 11.3. The van der Waals surface area contributed by atoms with Crippen LogP contribution < -0.4 is 4.74 Å². The molecule has 0 aliphatic rings. The second-order valence-electron chi connectivity index (χ2n) is 5.98. The molecule has 10 heteroatoms. The van der Waals surface area contributed by atoms with Gasteiger partial charge in [-0.3, -0.25) is 9.36 Å². The van der Waals surface area contributed by atoms with Gasteiger partial charge in [0.2, 0.25) is 5.82 Å². The highest BCUT2D eigenvalue weighted by molar-refractivity contribution is 5.97. The molecule has 0 bridgehead atoms. The number of hydrogen-bond donors (Lipinski definition) is 0. The average molecular weight is 389 g/mol. The van der Waals surface area contributed by atoms with Crippen LogP contribution in [0.1, 0.15) is 27.6 Å². The van der Waals surface area contributed by atoms with E-state index in [1.807, 2.05) is 6.07 Å². The number of hydrogen-bond acceptors (Lipinski definition) is 5. The smallest absolute Gasteiger partial charge is 0.406 e. The van der Waals surface area contributed by atoms with Crippen LogP contribution in [-0.2, 0) is 6.54 Å². The van der Waals surface area contributed by atoms with Crippen LogP contribution in [0.15, 0.2) is 36.7 Å². The highest BCUT2D eigenvalue weighted by atomic mass is 19.4. The molecule has 1 aromatic carbocycles. The number of aromatic nitrogens is 4. The maximum Gasteiger partial charge on any atom is 0.573 e. The number of nitriles is 1. The fourth-order valence-corrected chi connectivity index (χ4v) is 2.94. The summed E-state index contributed by atoms with van der Waals surface area (Å²) >= 11 is 0. The fraction of sp³-hybridized carbons (Fsp3) is 0.222. The lowest BCUT2D eigenvalue weighted by atomic mass is 10.1. The maximum atomic E-state index is 12.7. The van der Waals surface area contributed by atoms with Gasteiger partial charge in [0.05, 0.1) is 6.54 Å². The fourth-order valence-electron chi connectivity index (χ4n) is 2.94. The molecule has 0 radical (unpaired) electrons. The largest absolute Gasteiger partial charge is 0.573 e. The first kappa shape index (κ1) is 19.2. The van der Waals surface area contributed by atoms with Gasteiger partial charge in [0, 0.05) is 22.6 Å². The number of ketones is 1. The van der Waals surface area contributed by atoms with Crippen molar-refractivity contribution in [1.82, 2.24) is 19.3 Å². The van der Waals surface area contributed by atoms with Crippen molar-refractivity contribution in [2.75, 3.05) is 0 Å². The number of carbonyl (C=O) groups is 1. The molecule has 0 N–H and O–H groups in total. The van der Waals surface area contributed by atoms with Gasteiger partial charge in [-0.15, -0.1) is 23.4 Å². The zero-order valence-corrected chi connectivity index (χ0v) is 14.9. The number of carbonyl (C=O) groups excluding carboxylic acids is 1. The number of ether oxygens (including phenoxy) is 1. The Balaban J connectivity index is 1.88. The lowest BCUT2D eigenvalue weighted by Gasteiger charge is -2.12. The summed E-state index contributed by atoms with van der Waals surface area (Å²) in [6, 6.07) is 8.91. The van der Waals surface area contributed by atoms with Crippen molar-refractivity contribution in [3.8, 4) is 17.5 Å². The van der Waals surface area contributed by atoms with Crippen LogP contribution >= 0.6 is 0 Å². The molecule has 0 aliphatic carbocycles. The molecule has 3 aromatic rings. The summed E-state index contributed by atoms with van der Waals surface area (Å²) in [4.78, 5) is 12.7. The predicted molar refractivity (Wildman–Crippen MR) is 91.0 cm³/mol. The van der Waals surface area contributed by atoms with Gasteiger partial charge in [-0.05, 0) is 44.2 Å². The van der Waals surface area contributed by atoms with Crippen LogP contribution in [0.5, 0.6) is 5.75 Å². The molecule has 0 unspecified atom stereocenters. The Bertz CT molecular complexity index is 1060. The summed E-state index contributed by atoms with van der Waals surface area (Å²) in [6.07, 6.45) is -3.46. The van der Waals surface area contributed by atoms with E-state index in [-0.39, 0.29) is 23.9 Å². The molecule has 2 heterocycles. The van der Waals surface area contributed by atoms with Crippen LogP contribution in [0.2, 0.25) is 0 Å². The van der Waals surface area contributed by atoms with Crippen molar-refractivity contribution in [3.63, 3.8) is 0 Å². The average Bonchev–Trinajstić information content (AvgIpc) is 3.18. The number of halogens is 3. The van der Waals surface area contributed by atoms with Gasteiger partial charge in [0.15, 0.2) is 5.78 Å². The lowest BCUT2D eigenvalue weighted by Crippen LogP contribution is -2.17. The Morgan fingerprint density at radius 3 is 2.54 bits per heavy atom. The molecular formula is C18H14F3N5O2. The van der Waals surface area contributed by atoms with E-state index in [0.717, 1.165) is 5.69 Å². The molecule has 0 saturated heterocycles. The molecule has 0 saturated carbocycles. The first-order chi connectivity index (χ1) is 13.2. The van der Waals surface area contributed by atoms with Gasteiger partial charge < -0.3 is 9.30 Å². The molecule has 28 heavy (non-hydrogen) atoms. The molecule has 0 fully saturated rings. The van der Waals surface area contributed by atoms with Crippen LogP contribution in [0.4, 0.5) is 13.2 Å². The van der Waals surface area contributed by atoms with Crippen molar-refractivity contribution in [2.45, 2.75) is 26.8 Å². The third kappa shape index (κ3) is 3.88. The molecule has 7 nitrogen and oxygen atoms in total. The van der Waals surface area contributed by atoms with Gasteiger partial charge in [0.25, 0.3) is 0 Å². The number of alkyl halides is 3. The zero-order valence-electron chi connectivity index (χ0n) is 14.9. The number of Topliss-reactive ketones (excluding diaryl/α,β-unsaturated/α-hetero) is 1. The van der Waals surface area contributed by atoms with Crippen LogP contribution in [-0.4, -0.2) is 31.5 Å². The van der Waals surface area contributed by atoms with E-state index in [1.165, 1.54) is 35.2 Å². The van der Waals surface area contributed by atoms with Gasteiger partial charge in [-0.25, -0.2) is 0 Å². The summed E-state index contributed by atoms with van der Waals surface area (Å²) in [6.45, 7) is 3.42. The van der Waals surface area contributed by atoms with E-state index >= 15 is 0 Å². The summed E-state index contributed by atoms with van der Waals surface area (Å²) in [5.41, 5.74) is 2.38. The monoisotopic (exact) mass is 389 g/mol. The number of nitrogens with zero attached hydrogens (tertiary/aromatic N) is 5. The molecule has 0 atom stereocenters. The van der Waals surface area contributed by atoms with Crippen LogP contribution in [0.3, 0.4) is 0 Å². The molecule has 3 rings (SSSR count). The number of rotatable bonds is 5. The minimum atomic E-state index is -4.76. The Labute approximate surface area is 157 Å². The number of benzene rings is 1. The van der Waals surface area contributed by atoms with E-state index in [1.54, 1.807) is 24.5 Å². The van der Waals surface area contributed by atoms with E-state index in [9.17, 15) is 18.0 Å².